The highest BCUT2D eigenvalue weighted by Crippen LogP contribution is 2.17. The summed E-state index contributed by atoms with van der Waals surface area (Å²) in [5, 5.41) is 2.65. The maximum Gasteiger partial charge on any atom is 0.251 e. The Balaban J connectivity index is 2.07. The maximum atomic E-state index is 13.4. The van der Waals surface area contributed by atoms with E-state index in [1.807, 2.05) is 24.3 Å². The zero-order chi connectivity index (χ0) is 14.7. The van der Waals surface area contributed by atoms with Crippen LogP contribution in [0.5, 0.6) is 0 Å². The van der Waals surface area contributed by atoms with Gasteiger partial charge in [0.25, 0.3) is 5.95 Å². The molecular weight excluding hydrogens is 265 g/mol. The highest BCUT2D eigenvalue weighted by atomic mass is 19.2. The second-order valence-corrected chi connectivity index (χ2v) is 4.84. The van der Waals surface area contributed by atoms with Crippen LogP contribution in [0.3, 0.4) is 0 Å². The predicted octanol–water partition coefficient (Wildman–Crippen LogP) is 4.23. The summed E-state index contributed by atoms with van der Waals surface area (Å²) in [4.78, 5) is 3.21. The van der Waals surface area contributed by atoms with Crippen LogP contribution >= 0.6 is 0 Å². The van der Waals surface area contributed by atoms with Gasteiger partial charge in [-0.3, -0.25) is 0 Å². The van der Waals surface area contributed by atoms with Gasteiger partial charge in [-0.1, -0.05) is 38.1 Å². The molecular formula is C15H15F3N2. The Morgan fingerprint density at radius 3 is 2.30 bits per heavy atom. The van der Waals surface area contributed by atoms with Gasteiger partial charge in [0.2, 0.25) is 0 Å². The predicted molar refractivity (Wildman–Crippen MR) is 72.0 cm³/mol. The van der Waals surface area contributed by atoms with Crippen molar-refractivity contribution in [2.45, 2.75) is 26.3 Å². The molecule has 0 aliphatic heterocycles. The van der Waals surface area contributed by atoms with E-state index in [0.717, 1.165) is 5.56 Å². The standard InChI is InChI=1S/C15H15F3N2/c1-9(2)11-5-3-10(4-6-11)8-19-15-13(17)7-12(16)14(18)20-15/h3-7,9H,8H2,1-2H3,(H,19,20). The van der Waals surface area contributed by atoms with Crippen molar-refractivity contribution < 1.29 is 13.2 Å². The molecule has 1 N–H and O–H groups in total. The molecule has 2 nitrogen and oxygen atoms in total. The Morgan fingerprint density at radius 1 is 1.05 bits per heavy atom. The smallest absolute Gasteiger partial charge is 0.251 e. The summed E-state index contributed by atoms with van der Waals surface area (Å²) >= 11 is 0. The van der Waals surface area contributed by atoms with Gasteiger partial charge in [0.05, 0.1) is 0 Å². The van der Waals surface area contributed by atoms with Gasteiger partial charge in [-0.05, 0) is 17.0 Å². The quantitative estimate of drug-likeness (QED) is 0.847. The van der Waals surface area contributed by atoms with Crippen molar-refractivity contribution in [3.05, 3.63) is 59.0 Å². The topological polar surface area (TPSA) is 24.9 Å². The lowest BCUT2D eigenvalue weighted by Gasteiger charge is -2.09. The first-order valence-corrected chi connectivity index (χ1v) is 6.31. The Hall–Kier alpha value is -2.04. The number of hydrogen-bond acceptors (Lipinski definition) is 2. The van der Waals surface area contributed by atoms with Crippen LogP contribution in [0.15, 0.2) is 30.3 Å². The maximum absolute atomic E-state index is 13.4. The summed E-state index contributed by atoms with van der Waals surface area (Å²) in [5.41, 5.74) is 2.10. The number of benzene rings is 1. The number of halogens is 3. The summed E-state index contributed by atoms with van der Waals surface area (Å²) in [6.07, 6.45) is 0. The molecule has 1 aromatic carbocycles. The summed E-state index contributed by atoms with van der Waals surface area (Å²) in [6, 6.07) is 8.25. The molecule has 106 valence electrons. The Labute approximate surface area is 115 Å². The summed E-state index contributed by atoms with van der Waals surface area (Å²) in [7, 11) is 0. The second-order valence-electron chi connectivity index (χ2n) is 4.84. The van der Waals surface area contributed by atoms with Crippen molar-refractivity contribution in [1.82, 2.24) is 4.98 Å². The van der Waals surface area contributed by atoms with E-state index >= 15 is 0 Å². The van der Waals surface area contributed by atoms with Crippen LogP contribution in [-0.2, 0) is 6.54 Å². The molecule has 0 spiro atoms. The summed E-state index contributed by atoms with van der Waals surface area (Å²) < 4.78 is 39.0. The van der Waals surface area contributed by atoms with Gasteiger partial charge in [0.1, 0.15) is 0 Å². The van der Waals surface area contributed by atoms with Crippen molar-refractivity contribution in [1.29, 1.82) is 0 Å². The van der Waals surface area contributed by atoms with Crippen LogP contribution < -0.4 is 5.32 Å². The van der Waals surface area contributed by atoms with E-state index in [-0.39, 0.29) is 12.4 Å². The Morgan fingerprint density at radius 2 is 1.70 bits per heavy atom. The van der Waals surface area contributed by atoms with Crippen molar-refractivity contribution in [2.75, 3.05) is 5.32 Å². The average molecular weight is 280 g/mol. The first kappa shape index (κ1) is 14.4. The van der Waals surface area contributed by atoms with Crippen molar-refractivity contribution in [2.24, 2.45) is 0 Å². The molecule has 0 atom stereocenters. The number of hydrogen-bond donors (Lipinski definition) is 1. The molecule has 0 aliphatic carbocycles. The van der Waals surface area contributed by atoms with E-state index in [0.29, 0.717) is 12.0 Å². The molecule has 0 unspecified atom stereocenters. The van der Waals surface area contributed by atoms with E-state index in [9.17, 15) is 13.2 Å². The minimum Gasteiger partial charge on any atom is -0.363 e. The van der Waals surface area contributed by atoms with Crippen LogP contribution in [0.25, 0.3) is 0 Å². The molecule has 1 aromatic heterocycles. The second kappa shape index (κ2) is 5.94. The lowest BCUT2D eigenvalue weighted by molar-refractivity contribution is 0.466. The van der Waals surface area contributed by atoms with Gasteiger partial charge in [-0.2, -0.15) is 9.37 Å². The molecule has 0 bridgehead atoms. The number of nitrogens with one attached hydrogen (secondary N) is 1. The number of anilines is 1. The number of rotatable bonds is 4. The van der Waals surface area contributed by atoms with Gasteiger partial charge in [-0.25, -0.2) is 8.78 Å². The summed E-state index contributed by atoms with van der Waals surface area (Å²) in [5.74, 6) is -3.39. The minimum atomic E-state index is -1.32. The van der Waals surface area contributed by atoms with E-state index in [1.54, 1.807) is 0 Å². The van der Waals surface area contributed by atoms with E-state index < -0.39 is 17.6 Å². The molecule has 0 aliphatic rings. The third kappa shape index (κ3) is 3.29. The highest BCUT2D eigenvalue weighted by molar-refractivity contribution is 5.37. The van der Waals surface area contributed by atoms with Gasteiger partial charge in [-0.15, -0.1) is 0 Å². The van der Waals surface area contributed by atoms with Gasteiger partial charge < -0.3 is 5.32 Å². The van der Waals surface area contributed by atoms with Crippen LogP contribution in [0.1, 0.15) is 30.9 Å². The lowest BCUT2D eigenvalue weighted by atomic mass is 10.0. The normalized spacial score (nSPS) is 10.9. The van der Waals surface area contributed by atoms with E-state index in [4.69, 9.17) is 0 Å². The van der Waals surface area contributed by atoms with E-state index in [1.165, 1.54) is 5.56 Å². The van der Waals surface area contributed by atoms with Gasteiger partial charge in [0, 0.05) is 12.6 Å². The molecule has 20 heavy (non-hydrogen) atoms. The largest absolute Gasteiger partial charge is 0.363 e. The number of nitrogens with zero attached hydrogens (tertiary/aromatic N) is 1. The van der Waals surface area contributed by atoms with Crippen molar-refractivity contribution >= 4 is 5.82 Å². The Kier molecular flexibility index (Phi) is 4.27. The average Bonchev–Trinajstić information content (AvgIpc) is 2.42. The molecule has 0 saturated carbocycles. The molecule has 5 heteroatoms. The minimum absolute atomic E-state index is 0.285. The fraction of sp³-hybridized carbons (Fsp3) is 0.267. The van der Waals surface area contributed by atoms with E-state index in [2.05, 4.69) is 24.1 Å². The molecule has 2 aromatic rings. The first-order chi connectivity index (χ1) is 9.47. The molecule has 0 fully saturated rings. The SMILES string of the molecule is CC(C)c1ccc(CNc2nc(F)c(F)cc2F)cc1. The molecule has 1 heterocycles. The Bertz CT molecular complexity index is 595. The number of pyridine rings is 1. The van der Waals surface area contributed by atoms with Crippen LogP contribution in [0, 0.1) is 17.6 Å². The fourth-order valence-corrected chi connectivity index (χ4v) is 1.77. The molecule has 0 amide bonds. The van der Waals surface area contributed by atoms with Gasteiger partial charge >= 0.3 is 0 Å². The zero-order valence-electron chi connectivity index (χ0n) is 11.3. The summed E-state index contributed by atoms with van der Waals surface area (Å²) in [6.45, 7) is 4.47. The third-order valence-electron chi connectivity index (χ3n) is 2.99. The highest BCUT2D eigenvalue weighted by Gasteiger charge is 2.11. The van der Waals surface area contributed by atoms with Crippen LogP contribution in [0.2, 0.25) is 0 Å². The van der Waals surface area contributed by atoms with Crippen molar-refractivity contribution in [3.8, 4) is 0 Å². The zero-order valence-corrected chi connectivity index (χ0v) is 11.3. The lowest BCUT2D eigenvalue weighted by Crippen LogP contribution is -2.06. The van der Waals surface area contributed by atoms with Crippen LogP contribution in [0.4, 0.5) is 19.0 Å². The number of aromatic nitrogens is 1. The van der Waals surface area contributed by atoms with Crippen LogP contribution in [-0.4, -0.2) is 4.98 Å². The van der Waals surface area contributed by atoms with Gasteiger partial charge in [0.15, 0.2) is 17.5 Å². The third-order valence-corrected chi connectivity index (χ3v) is 2.99. The fourth-order valence-electron chi connectivity index (χ4n) is 1.77. The monoisotopic (exact) mass is 280 g/mol. The first-order valence-electron chi connectivity index (χ1n) is 6.31. The molecule has 2 rings (SSSR count). The molecule has 0 saturated heterocycles. The molecule has 0 radical (unpaired) electrons. The van der Waals surface area contributed by atoms with Crippen molar-refractivity contribution in [3.63, 3.8) is 0 Å².